The molecule has 0 aliphatic heterocycles. The third-order valence-electron chi connectivity index (χ3n) is 2.02. The Hall–Kier alpha value is -1.35. The van der Waals surface area contributed by atoms with Crippen molar-refractivity contribution in [3.63, 3.8) is 0 Å². The van der Waals surface area contributed by atoms with E-state index in [9.17, 15) is 9.59 Å². The van der Waals surface area contributed by atoms with E-state index < -0.39 is 0 Å². The molecule has 0 bridgehead atoms. The van der Waals surface area contributed by atoms with E-state index in [2.05, 4.69) is 0 Å². The molecule has 0 radical (unpaired) electrons. The van der Waals surface area contributed by atoms with E-state index in [0.29, 0.717) is 35.8 Å². The fourth-order valence-corrected chi connectivity index (χ4v) is 1.45. The van der Waals surface area contributed by atoms with Crippen LogP contribution in [0.25, 0.3) is 0 Å². The molecule has 0 aliphatic carbocycles. The molecule has 0 N–H and O–H groups in total. The van der Waals surface area contributed by atoms with Gasteiger partial charge >= 0.3 is 0 Å². The minimum atomic E-state index is 0.144. The molecule has 0 aliphatic rings. The number of carbonyl (C=O) groups excluding carboxylic acids is 2. The molecular weight excluding hydrogens is 228 g/mol. The van der Waals surface area contributed by atoms with Crippen molar-refractivity contribution in [1.82, 2.24) is 0 Å². The largest absolute Gasteiger partial charge is 0.492 e. The van der Waals surface area contributed by atoms with Gasteiger partial charge in [0, 0.05) is 12.0 Å². The maximum absolute atomic E-state index is 10.7. The van der Waals surface area contributed by atoms with Crippen LogP contribution in [0.5, 0.6) is 5.75 Å². The van der Waals surface area contributed by atoms with E-state index in [-0.39, 0.29) is 5.78 Å². The SMILES string of the molecule is CC(=O)CCCOc1ccc(C=O)cc1Cl. The summed E-state index contributed by atoms with van der Waals surface area (Å²) in [7, 11) is 0. The molecule has 4 heteroatoms. The van der Waals surface area contributed by atoms with E-state index in [1.54, 1.807) is 25.1 Å². The summed E-state index contributed by atoms with van der Waals surface area (Å²) < 4.78 is 5.39. The lowest BCUT2D eigenvalue weighted by atomic mass is 10.2. The van der Waals surface area contributed by atoms with Crippen LogP contribution in [-0.2, 0) is 4.79 Å². The molecule has 3 nitrogen and oxygen atoms in total. The van der Waals surface area contributed by atoms with E-state index in [4.69, 9.17) is 16.3 Å². The van der Waals surface area contributed by atoms with Crippen molar-refractivity contribution in [3.05, 3.63) is 28.8 Å². The number of ketones is 1. The molecule has 86 valence electrons. The van der Waals surface area contributed by atoms with Gasteiger partial charge in [-0.3, -0.25) is 4.79 Å². The predicted molar refractivity (Wildman–Crippen MR) is 62.2 cm³/mol. The van der Waals surface area contributed by atoms with Crippen LogP contribution in [0.1, 0.15) is 30.1 Å². The average molecular weight is 241 g/mol. The van der Waals surface area contributed by atoms with E-state index in [0.717, 1.165) is 6.29 Å². The summed E-state index contributed by atoms with van der Waals surface area (Å²) in [6.07, 6.45) is 1.90. The van der Waals surface area contributed by atoms with Gasteiger partial charge in [-0.1, -0.05) is 11.6 Å². The van der Waals surface area contributed by atoms with Crippen LogP contribution < -0.4 is 4.74 Å². The maximum atomic E-state index is 10.7. The van der Waals surface area contributed by atoms with Crippen molar-refractivity contribution in [1.29, 1.82) is 0 Å². The molecule has 0 saturated heterocycles. The van der Waals surface area contributed by atoms with Crippen molar-refractivity contribution in [2.75, 3.05) is 6.61 Å². The van der Waals surface area contributed by atoms with Gasteiger partial charge in [-0.05, 0) is 31.5 Å². The van der Waals surface area contributed by atoms with Gasteiger partial charge in [0.15, 0.2) is 0 Å². The first kappa shape index (κ1) is 12.7. The molecule has 0 fully saturated rings. The summed E-state index contributed by atoms with van der Waals surface area (Å²) in [4.78, 5) is 21.2. The summed E-state index contributed by atoms with van der Waals surface area (Å²) in [5.74, 6) is 0.682. The monoisotopic (exact) mass is 240 g/mol. The first-order chi connectivity index (χ1) is 7.63. The summed E-state index contributed by atoms with van der Waals surface area (Å²) in [5, 5.41) is 0.410. The van der Waals surface area contributed by atoms with Gasteiger partial charge in [-0.25, -0.2) is 0 Å². The maximum Gasteiger partial charge on any atom is 0.150 e. The number of hydrogen-bond acceptors (Lipinski definition) is 3. The Bertz CT molecular complexity index is 388. The number of rotatable bonds is 6. The quantitative estimate of drug-likeness (QED) is 0.567. The molecular formula is C12H13ClO3. The Labute approximate surface area is 99.4 Å². The zero-order valence-corrected chi connectivity index (χ0v) is 9.79. The summed E-state index contributed by atoms with van der Waals surface area (Å²) in [6.45, 7) is 1.99. The van der Waals surface area contributed by atoms with Gasteiger partial charge in [-0.15, -0.1) is 0 Å². The lowest BCUT2D eigenvalue weighted by Gasteiger charge is -2.07. The number of benzene rings is 1. The third kappa shape index (κ3) is 4.03. The van der Waals surface area contributed by atoms with Crippen LogP contribution in [0.3, 0.4) is 0 Å². The zero-order valence-electron chi connectivity index (χ0n) is 9.03. The number of Topliss-reactive ketones (excluding diaryl/α,β-unsaturated/α-hetero) is 1. The smallest absolute Gasteiger partial charge is 0.150 e. The van der Waals surface area contributed by atoms with Crippen molar-refractivity contribution < 1.29 is 14.3 Å². The van der Waals surface area contributed by atoms with Gasteiger partial charge in [-0.2, -0.15) is 0 Å². The molecule has 1 aromatic rings. The van der Waals surface area contributed by atoms with Crippen LogP contribution in [0.2, 0.25) is 5.02 Å². The number of hydrogen-bond donors (Lipinski definition) is 0. The van der Waals surface area contributed by atoms with Crippen molar-refractivity contribution in [2.45, 2.75) is 19.8 Å². The Kier molecular flexibility index (Phi) is 4.99. The number of carbonyl (C=O) groups is 2. The highest BCUT2D eigenvalue weighted by Crippen LogP contribution is 2.25. The van der Waals surface area contributed by atoms with Gasteiger partial charge in [0.2, 0.25) is 0 Å². The molecule has 0 spiro atoms. The van der Waals surface area contributed by atoms with Gasteiger partial charge in [0.25, 0.3) is 0 Å². The molecule has 16 heavy (non-hydrogen) atoms. The first-order valence-electron chi connectivity index (χ1n) is 5.00. The topological polar surface area (TPSA) is 43.4 Å². The minimum absolute atomic E-state index is 0.144. The van der Waals surface area contributed by atoms with E-state index in [1.807, 2.05) is 0 Å². The number of aldehydes is 1. The first-order valence-corrected chi connectivity index (χ1v) is 5.38. The molecule has 0 unspecified atom stereocenters. The zero-order chi connectivity index (χ0) is 12.0. The van der Waals surface area contributed by atoms with E-state index >= 15 is 0 Å². The van der Waals surface area contributed by atoms with Crippen molar-refractivity contribution in [3.8, 4) is 5.75 Å². The Morgan fingerprint density at radius 3 is 2.81 bits per heavy atom. The van der Waals surface area contributed by atoms with Crippen LogP contribution in [0.15, 0.2) is 18.2 Å². The minimum Gasteiger partial charge on any atom is -0.492 e. The fraction of sp³-hybridized carbons (Fsp3) is 0.333. The second-order valence-corrected chi connectivity index (χ2v) is 3.87. The Morgan fingerprint density at radius 1 is 1.50 bits per heavy atom. The highest BCUT2D eigenvalue weighted by molar-refractivity contribution is 6.32. The normalized spacial score (nSPS) is 9.88. The van der Waals surface area contributed by atoms with Gasteiger partial charge in [0.05, 0.1) is 11.6 Å². The fourth-order valence-electron chi connectivity index (χ4n) is 1.21. The lowest BCUT2D eigenvalue weighted by molar-refractivity contribution is -0.117. The van der Waals surface area contributed by atoms with Crippen LogP contribution >= 0.6 is 11.6 Å². The Balaban J connectivity index is 2.48. The summed E-state index contributed by atoms with van der Waals surface area (Å²) in [6, 6.07) is 4.84. The van der Waals surface area contributed by atoms with Gasteiger partial charge in [0.1, 0.15) is 17.8 Å². The van der Waals surface area contributed by atoms with Crippen LogP contribution in [0.4, 0.5) is 0 Å². The molecule has 0 heterocycles. The van der Waals surface area contributed by atoms with Crippen LogP contribution in [-0.4, -0.2) is 18.7 Å². The molecule has 0 amide bonds. The lowest BCUT2D eigenvalue weighted by Crippen LogP contribution is -2.01. The second kappa shape index (κ2) is 6.28. The van der Waals surface area contributed by atoms with E-state index in [1.165, 1.54) is 0 Å². The summed E-state index contributed by atoms with van der Waals surface area (Å²) >= 11 is 5.90. The van der Waals surface area contributed by atoms with Crippen molar-refractivity contribution in [2.24, 2.45) is 0 Å². The average Bonchev–Trinajstić information content (AvgIpc) is 2.25. The molecule has 0 aromatic heterocycles. The standard InChI is InChI=1S/C12H13ClO3/c1-9(15)3-2-6-16-12-5-4-10(8-14)7-11(12)13/h4-5,7-8H,2-3,6H2,1H3. The third-order valence-corrected chi connectivity index (χ3v) is 2.32. The Morgan fingerprint density at radius 2 is 2.25 bits per heavy atom. The molecule has 1 rings (SSSR count). The van der Waals surface area contributed by atoms with Gasteiger partial charge < -0.3 is 9.53 Å². The predicted octanol–water partition coefficient (Wildman–Crippen LogP) is 2.90. The molecule has 0 atom stereocenters. The molecule has 0 saturated carbocycles. The highest BCUT2D eigenvalue weighted by Gasteiger charge is 2.02. The summed E-state index contributed by atoms with van der Waals surface area (Å²) in [5.41, 5.74) is 0.515. The number of ether oxygens (including phenoxy) is 1. The number of halogens is 1. The van der Waals surface area contributed by atoms with Crippen LogP contribution in [0, 0.1) is 0 Å². The second-order valence-electron chi connectivity index (χ2n) is 3.46. The molecule has 1 aromatic carbocycles. The van der Waals surface area contributed by atoms with Crippen molar-refractivity contribution >= 4 is 23.7 Å². The highest BCUT2D eigenvalue weighted by atomic mass is 35.5.